The molecule has 0 aliphatic carbocycles. The second kappa shape index (κ2) is 6.24. The van der Waals surface area contributed by atoms with Crippen LogP contribution in [0.2, 0.25) is 0 Å². The highest BCUT2D eigenvalue weighted by Crippen LogP contribution is 2.28. The van der Waals surface area contributed by atoms with Crippen LogP contribution in [0.1, 0.15) is 37.3 Å². The maximum atomic E-state index is 9.26. The van der Waals surface area contributed by atoms with Gasteiger partial charge in [0, 0.05) is 5.39 Å². The van der Waals surface area contributed by atoms with Gasteiger partial charge in [0.1, 0.15) is 17.4 Å². The summed E-state index contributed by atoms with van der Waals surface area (Å²) in [4.78, 5) is 0. The van der Waals surface area contributed by atoms with Crippen molar-refractivity contribution in [1.29, 1.82) is 5.26 Å². The largest absolute Gasteiger partial charge is 0.495 e. The summed E-state index contributed by atoms with van der Waals surface area (Å²) in [5, 5.41) is 11.4. The van der Waals surface area contributed by atoms with Gasteiger partial charge in [-0.1, -0.05) is 44.0 Å². The van der Waals surface area contributed by atoms with Gasteiger partial charge in [-0.2, -0.15) is 5.26 Å². The van der Waals surface area contributed by atoms with E-state index in [0.717, 1.165) is 17.2 Å². The number of rotatable bonds is 5. The third-order valence-electron chi connectivity index (χ3n) is 3.45. The molecule has 0 unspecified atom stereocenters. The van der Waals surface area contributed by atoms with E-state index >= 15 is 0 Å². The predicted molar refractivity (Wildman–Crippen MR) is 78.4 cm³/mol. The molecule has 0 atom stereocenters. The van der Waals surface area contributed by atoms with Crippen molar-refractivity contribution in [2.24, 2.45) is 0 Å². The number of fused-ring (bicyclic) bond motifs is 1. The Labute approximate surface area is 114 Å². The van der Waals surface area contributed by atoms with Crippen LogP contribution in [-0.2, 0) is 6.42 Å². The Morgan fingerprint density at radius 2 is 2.00 bits per heavy atom. The highest BCUT2D eigenvalue weighted by atomic mass is 16.5. The Morgan fingerprint density at radius 3 is 2.68 bits per heavy atom. The number of nitrogens with zero attached hydrogens (tertiary/aromatic N) is 1. The lowest BCUT2D eigenvalue weighted by atomic mass is 9.99. The van der Waals surface area contributed by atoms with Gasteiger partial charge in [0.2, 0.25) is 0 Å². The van der Waals surface area contributed by atoms with Gasteiger partial charge in [-0.3, -0.25) is 0 Å². The van der Waals surface area contributed by atoms with E-state index in [9.17, 15) is 5.26 Å². The molecule has 0 aliphatic heterocycles. The van der Waals surface area contributed by atoms with Gasteiger partial charge >= 0.3 is 0 Å². The van der Waals surface area contributed by atoms with E-state index in [1.807, 2.05) is 18.2 Å². The van der Waals surface area contributed by atoms with Crippen molar-refractivity contribution in [1.82, 2.24) is 0 Å². The molecule has 0 bridgehead atoms. The average Bonchev–Trinajstić information content (AvgIpc) is 2.46. The van der Waals surface area contributed by atoms with Gasteiger partial charge < -0.3 is 4.74 Å². The van der Waals surface area contributed by atoms with Crippen molar-refractivity contribution in [3.63, 3.8) is 0 Å². The smallest absolute Gasteiger partial charge is 0.137 e. The minimum absolute atomic E-state index is 0.625. The fourth-order valence-electron chi connectivity index (χ4n) is 2.38. The van der Waals surface area contributed by atoms with Gasteiger partial charge in [0.15, 0.2) is 0 Å². The molecule has 98 valence electrons. The van der Waals surface area contributed by atoms with Crippen molar-refractivity contribution in [3.05, 3.63) is 41.5 Å². The summed E-state index contributed by atoms with van der Waals surface area (Å²) < 4.78 is 5.23. The van der Waals surface area contributed by atoms with E-state index in [0.29, 0.717) is 11.3 Å². The molecule has 2 nitrogen and oxygen atoms in total. The fourth-order valence-corrected chi connectivity index (χ4v) is 2.38. The molecule has 0 aliphatic rings. The lowest BCUT2D eigenvalue weighted by Gasteiger charge is -2.08. The van der Waals surface area contributed by atoms with Crippen LogP contribution in [-0.4, -0.2) is 7.11 Å². The maximum Gasteiger partial charge on any atom is 0.137 e. The Morgan fingerprint density at radius 1 is 1.16 bits per heavy atom. The third kappa shape index (κ3) is 2.88. The molecular formula is C17H19NO. The summed E-state index contributed by atoms with van der Waals surface area (Å²) in [6.45, 7) is 2.21. The topological polar surface area (TPSA) is 33.0 Å². The van der Waals surface area contributed by atoms with Crippen LogP contribution in [0.25, 0.3) is 10.8 Å². The summed E-state index contributed by atoms with van der Waals surface area (Å²) in [6.07, 6.45) is 4.84. The Hall–Kier alpha value is -2.01. The number of methoxy groups -OCH3 is 1. The van der Waals surface area contributed by atoms with Crippen molar-refractivity contribution in [3.8, 4) is 11.8 Å². The third-order valence-corrected chi connectivity index (χ3v) is 3.45. The zero-order valence-electron chi connectivity index (χ0n) is 11.6. The summed E-state index contributed by atoms with van der Waals surface area (Å²) in [6, 6.07) is 12.5. The van der Waals surface area contributed by atoms with E-state index in [4.69, 9.17) is 4.74 Å². The molecule has 0 saturated heterocycles. The number of aryl methyl sites for hydroxylation is 1. The Balaban J connectivity index is 2.37. The van der Waals surface area contributed by atoms with Gasteiger partial charge in [-0.15, -0.1) is 0 Å². The van der Waals surface area contributed by atoms with E-state index in [1.54, 1.807) is 7.11 Å². The second-order valence-corrected chi connectivity index (χ2v) is 4.77. The Kier molecular flexibility index (Phi) is 4.41. The summed E-state index contributed by atoms with van der Waals surface area (Å²) in [5.41, 5.74) is 1.97. The van der Waals surface area contributed by atoms with Crippen LogP contribution in [0.4, 0.5) is 0 Å². The molecule has 19 heavy (non-hydrogen) atoms. The summed E-state index contributed by atoms with van der Waals surface area (Å²) in [7, 11) is 1.60. The Bertz CT molecular complexity index is 610. The van der Waals surface area contributed by atoms with Gasteiger partial charge in [0.05, 0.1) is 7.11 Å². The normalized spacial score (nSPS) is 10.4. The highest BCUT2D eigenvalue weighted by Gasteiger charge is 2.08. The quantitative estimate of drug-likeness (QED) is 0.737. The fraction of sp³-hybridized carbons (Fsp3) is 0.353. The molecule has 0 N–H and O–H groups in total. The zero-order valence-corrected chi connectivity index (χ0v) is 11.6. The summed E-state index contributed by atoms with van der Waals surface area (Å²) in [5.74, 6) is 0.647. The molecule has 2 aromatic carbocycles. The van der Waals surface area contributed by atoms with E-state index in [1.165, 1.54) is 24.8 Å². The van der Waals surface area contributed by atoms with Crippen molar-refractivity contribution in [2.45, 2.75) is 32.6 Å². The molecule has 0 heterocycles. The number of unbranched alkanes of at least 4 members (excludes halogenated alkanes) is 2. The van der Waals surface area contributed by atoms with E-state index in [-0.39, 0.29) is 0 Å². The molecule has 2 rings (SSSR count). The number of hydrogen-bond acceptors (Lipinski definition) is 2. The van der Waals surface area contributed by atoms with Gasteiger partial charge in [-0.25, -0.2) is 0 Å². The predicted octanol–water partition coefficient (Wildman–Crippen LogP) is 4.45. The number of hydrogen-bond donors (Lipinski definition) is 0. The average molecular weight is 253 g/mol. The van der Waals surface area contributed by atoms with Crippen LogP contribution in [0.5, 0.6) is 5.75 Å². The zero-order chi connectivity index (χ0) is 13.7. The van der Waals surface area contributed by atoms with Crippen molar-refractivity contribution in [2.75, 3.05) is 7.11 Å². The standard InChI is InChI=1S/C17H19NO/c1-3-4-5-6-13-7-9-15-14(11-13)8-10-17(19-2)16(15)12-18/h7-11H,3-6H2,1-2H3. The molecule has 0 fully saturated rings. The molecule has 0 spiro atoms. The minimum atomic E-state index is 0.625. The molecule has 0 aromatic heterocycles. The first-order valence-corrected chi connectivity index (χ1v) is 6.80. The first-order chi connectivity index (χ1) is 9.30. The molecule has 2 aromatic rings. The van der Waals surface area contributed by atoms with E-state index < -0.39 is 0 Å². The van der Waals surface area contributed by atoms with Crippen LogP contribution >= 0.6 is 0 Å². The molecule has 0 saturated carbocycles. The van der Waals surface area contributed by atoms with Crippen molar-refractivity contribution < 1.29 is 4.74 Å². The minimum Gasteiger partial charge on any atom is -0.495 e. The second-order valence-electron chi connectivity index (χ2n) is 4.77. The molecule has 0 radical (unpaired) electrons. The number of nitriles is 1. The van der Waals surface area contributed by atoms with E-state index in [2.05, 4.69) is 25.1 Å². The molecule has 2 heteroatoms. The molecular weight excluding hydrogens is 234 g/mol. The van der Waals surface area contributed by atoms with Crippen LogP contribution in [0.15, 0.2) is 30.3 Å². The summed E-state index contributed by atoms with van der Waals surface area (Å²) >= 11 is 0. The monoisotopic (exact) mass is 253 g/mol. The molecule has 0 amide bonds. The first kappa shape index (κ1) is 13.4. The van der Waals surface area contributed by atoms with Gasteiger partial charge in [-0.05, 0) is 29.9 Å². The lowest BCUT2D eigenvalue weighted by Crippen LogP contribution is -1.91. The van der Waals surface area contributed by atoms with Crippen LogP contribution in [0.3, 0.4) is 0 Å². The first-order valence-electron chi connectivity index (χ1n) is 6.80. The number of ether oxygens (including phenoxy) is 1. The lowest BCUT2D eigenvalue weighted by molar-refractivity contribution is 0.414. The van der Waals surface area contributed by atoms with Gasteiger partial charge in [0.25, 0.3) is 0 Å². The van der Waals surface area contributed by atoms with Crippen LogP contribution in [0, 0.1) is 11.3 Å². The maximum absolute atomic E-state index is 9.26. The van der Waals surface area contributed by atoms with Crippen LogP contribution < -0.4 is 4.74 Å². The number of benzene rings is 2. The SMILES string of the molecule is CCCCCc1ccc2c(C#N)c(OC)ccc2c1. The highest BCUT2D eigenvalue weighted by molar-refractivity contribution is 5.90. The van der Waals surface area contributed by atoms with Crippen molar-refractivity contribution >= 4 is 10.8 Å².